The third kappa shape index (κ3) is 20.3. The van der Waals surface area contributed by atoms with Crippen molar-refractivity contribution >= 4 is 52.1 Å². The lowest BCUT2D eigenvalue weighted by Gasteiger charge is -2.37. The van der Waals surface area contributed by atoms with Crippen molar-refractivity contribution in [3.05, 3.63) is 86.8 Å². The van der Waals surface area contributed by atoms with Crippen LogP contribution >= 0.6 is 0 Å². The van der Waals surface area contributed by atoms with Crippen LogP contribution < -0.4 is 42.4 Å². The topological polar surface area (TPSA) is 330 Å². The predicted molar refractivity (Wildman–Crippen MR) is 320 cm³/mol. The number of phenols is 4. The summed E-state index contributed by atoms with van der Waals surface area (Å²) < 4.78 is 22.8. The fourth-order valence-corrected chi connectivity index (χ4v) is 10.5. The first kappa shape index (κ1) is 65.9. The van der Waals surface area contributed by atoms with Crippen molar-refractivity contribution in [1.29, 1.82) is 0 Å². The van der Waals surface area contributed by atoms with Gasteiger partial charge in [-0.2, -0.15) is 0 Å². The average molecular weight is 1200 g/mol. The summed E-state index contributed by atoms with van der Waals surface area (Å²) >= 11 is 0. The van der Waals surface area contributed by atoms with Crippen LogP contribution in [0.4, 0.5) is 5.69 Å². The molecule has 0 unspecified atom stereocenters. The maximum absolute atomic E-state index is 13.4. The highest BCUT2D eigenvalue weighted by molar-refractivity contribution is 5.99. The molecule has 4 aromatic rings. The van der Waals surface area contributed by atoms with Crippen LogP contribution in [0.5, 0.6) is 23.0 Å². The normalized spacial score (nSPS) is 15.4. The summed E-state index contributed by atoms with van der Waals surface area (Å²) in [4.78, 5) is 102. The molecular weight excluding hydrogens is 1110 g/mol. The molecule has 3 aliphatic rings. The smallest absolute Gasteiger partial charge is 0.349 e. The van der Waals surface area contributed by atoms with Gasteiger partial charge in [-0.1, -0.05) is 19.1 Å². The van der Waals surface area contributed by atoms with Gasteiger partial charge in [0.05, 0.1) is 57.2 Å². The minimum Gasteiger partial charge on any atom is -0.504 e. The molecule has 3 aliphatic heterocycles. The largest absolute Gasteiger partial charge is 0.504 e. The molecule has 1 fully saturated rings. The first-order valence-corrected chi connectivity index (χ1v) is 29.9. The van der Waals surface area contributed by atoms with Crippen molar-refractivity contribution in [3.63, 3.8) is 0 Å². The summed E-state index contributed by atoms with van der Waals surface area (Å²) in [7, 11) is 0. The van der Waals surface area contributed by atoms with E-state index in [2.05, 4.69) is 52.7 Å². The van der Waals surface area contributed by atoms with Gasteiger partial charge in [-0.15, -0.1) is 0 Å². The Labute approximate surface area is 500 Å². The van der Waals surface area contributed by atoms with Crippen LogP contribution in [0.25, 0.3) is 11.0 Å². The Morgan fingerprint density at radius 3 is 1.42 bits per heavy atom. The second kappa shape index (κ2) is 34.5. The van der Waals surface area contributed by atoms with Crippen molar-refractivity contribution in [3.8, 4) is 23.0 Å². The van der Waals surface area contributed by atoms with E-state index in [-0.39, 0.29) is 80.2 Å². The highest BCUT2D eigenvalue weighted by Crippen LogP contribution is 2.40. The van der Waals surface area contributed by atoms with E-state index in [0.717, 1.165) is 56.3 Å². The van der Waals surface area contributed by atoms with Crippen molar-refractivity contribution in [2.24, 2.45) is 0 Å². The van der Waals surface area contributed by atoms with E-state index in [9.17, 15) is 54.0 Å². The van der Waals surface area contributed by atoms with E-state index in [0.29, 0.717) is 124 Å². The van der Waals surface area contributed by atoms with Gasteiger partial charge in [-0.3, -0.25) is 43.5 Å². The monoisotopic (exact) mass is 1200 g/mol. The number of amides is 6. The van der Waals surface area contributed by atoms with Crippen LogP contribution in [-0.4, -0.2) is 246 Å². The highest BCUT2D eigenvalue weighted by Gasteiger charge is 2.28. The molecule has 0 bridgehead atoms. The summed E-state index contributed by atoms with van der Waals surface area (Å²) in [6.07, 6.45) is 5.05. The van der Waals surface area contributed by atoms with Crippen LogP contribution in [-0.2, 0) is 41.4 Å². The van der Waals surface area contributed by atoms with Crippen molar-refractivity contribution in [1.82, 2.24) is 51.5 Å². The molecule has 1 saturated heterocycles. The van der Waals surface area contributed by atoms with Gasteiger partial charge in [0.15, 0.2) is 23.0 Å². The summed E-state index contributed by atoms with van der Waals surface area (Å²) in [5.74, 6) is -4.38. The Balaban J connectivity index is 0.775. The number of carbonyl (C=O) groups excluding carboxylic acids is 6. The number of carbonyl (C=O) groups is 6. The molecule has 7 rings (SSSR count). The van der Waals surface area contributed by atoms with Crippen LogP contribution in [0.15, 0.2) is 57.7 Å². The SMILES string of the molecule is CCN1CCN(CC(=O)NCCCOCCOCCOCCCNC(=O)c2cc3cc4c5c(c3oc2=O)CCCN5CCC4)CCN(CC(=O)NCCNC(=O)c2cccc(O)c2O)CCN(CC(=O)NCCNC(=O)c2cccc(O)c2O)CC1. The maximum Gasteiger partial charge on any atom is 0.349 e. The molecule has 0 saturated carbocycles. The first-order chi connectivity index (χ1) is 41.7. The molecule has 10 N–H and O–H groups in total. The van der Waals surface area contributed by atoms with E-state index in [1.54, 1.807) is 6.07 Å². The number of aryl methyl sites for hydroxylation is 2. The molecule has 470 valence electrons. The molecular formula is C60H85N11O15. The number of hydrogen-bond acceptors (Lipinski definition) is 20. The summed E-state index contributed by atoms with van der Waals surface area (Å²) in [5, 5.41) is 57.1. The molecule has 1 aromatic heterocycles. The van der Waals surface area contributed by atoms with Gasteiger partial charge >= 0.3 is 5.63 Å². The Hall–Kier alpha value is -7.59. The molecule has 26 heteroatoms. The van der Waals surface area contributed by atoms with Gasteiger partial charge < -0.3 is 80.8 Å². The minimum atomic E-state index is -0.633. The maximum atomic E-state index is 13.4. The van der Waals surface area contributed by atoms with E-state index >= 15 is 0 Å². The zero-order chi connectivity index (χ0) is 61.2. The highest BCUT2D eigenvalue weighted by atomic mass is 16.5. The zero-order valence-corrected chi connectivity index (χ0v) is 49.3. The molecule has 0 radical (unpaired) electrons. The molecule has 0 spiro atoms. The number of fused-ring (bicyclic) bond motifs is 2. The lowest BCUT2D eigenvalue weighted by molar-refractivity contribution is -0.124. The number of phenolic OH excluding ortho intramolecular Hbond substituents is 4. The van der Waals surface area contributed by atoms with Crippen LogP contribution in [0.3, 0.4) is 0 Å². The molecule has 4 heterocycles. The number of benzene rings is 3. The van der Waals surface area contributed by atoms with Crippen molar-refractivity contribution in [2.75, 3.05) is 175 Å². The standard InChI is InChI=1S/C60H85N11O15/c1-2-67-23-25-68(39-50(74)61-15-7-31-83-33-35-85-36-34-84-32-8-16-64-59(81)47-38-43-37-42-9-5-21-71-22-6-12-44(53(42)71)56(43)86-60(47)82)27-29-70(41-52(76)63-18-20-66-58(80)46-11-4-14-49(73)55(46)78)30-28-69(26-24-67)40-51(75)62-17-19-65-57(79)45-10-3-13-48(72)54(45)77/h3-4,10-11,13-14,37-38,72-73,77-78H,2,5-9,12,15-36,39-41H2,1H3,(H,61,74)(H,62,75)(H,63,76)(H,64,81)(H,65,79)(H,66,80). The second-order valence-corrected chi connectivity index (χ2v) is 21.4. The van der Waals surface area contributed by atoms with E-state index in [1.165, 1.54) is 47.6 Å². The first-order valence-electron chi connectivity index (χ1n) is 29.9. The summed E-state index contributed by atoms with van der Waals surface area (Å²) in [5.41, 5.74) is 3.29. The molecule has 26 nitrogen and oxygen atoms in total. The zero-order valence-electron chi connectivity index (χ0n) is 49.3. The van der Waals surface area contributed by atoms with Gasteiger partial charge in [0.1, 0.15) is 11.1 Å². The molecule has 86 heavy (non-hydrogen) atoms. The van der Waals surface area contributed by atoms with Crippen molar-refractivity contribution < 1.29 is 67.8 Å². The van der Waals surface area contributed by atoms with Crippen LogP contribution in [0.1, 0.15) is 74.8 Å². The van der Waals surface area contributed by atoms with E-state index in [4.69, 9.17) is 18.6 Å². The summed E-state index contributed by atoms with van der Waals surface area (Å²) in [6, 6.07) is 11.8. The number of ether oxygens (including phenoxy) is 3. The average Bonchev–Trinajstić information content (AvgIpc) is 1.15. The quantitative estimate of drug-likeness (QED) is 0.0191. The van der Waals surface area contributed by atoms with Gasteiger partial charge in [0.25, 0.3) is 17.7 Å². The number of rotatable bonds is 30. The van der Waals surface area contributed by atoms with Crippen LogP contribution in [0, 0.1) is 0 Å². The van der Waals surface area contributed by atoms with Gasteiger partial charge in [0, 0.05) is 135 Å². The Morgan fingerprint density at radius 2 is 0.919 bits per heavy atom. The lowest BCUT2D eigenvalue weighted by Crippen LogP contribution is -2.51. The van der Waals surface area contributed by atoms with Gasteiger partial charge in [0.2, 0.25) is 17.7 Å². The summed E-state index contributed by atoms with van der Waals surface area (Å²) in [6.45, 7) is 12.3. The molecule has 0 aliphatic carbocycles. The lowest BCUT2D eigenvalue weighted by atomic mass is 9.90. The van der Waals surface area contributed by atoms with Crippen molar-refractivity contribution in [2.45, 2.75) is 45.4 Å². The number of likely N-dealkylation sites (N-methyl/N-ethyl adjacent to an activating group) is 1. The third-order valence-electron chi connectivity index (χ3n) is 15.2. The predicted octanol–water partition coefficient (Wildman–Crippen LogP) is 0.324. The number of nitrogens with zero attached hydrogens (tertiary/aromatic N) is 5. The minimum absolute atomic E-state index is 0.000463. The number of aromatic hydroxyl groups is 4. The fourth-order valence-electron chi connectivity index (χ4n) is 10.5. The van der Waals surface area contributed by atoms with Gasteiger partial charge in [-0.05, 0) is 87.0 Å². The van der Waals surface area contributed by atoms with E-state index < -0.39 is 46.3 Å². The van der Waals surface area contributed by atoms with Crippen LogP contribution in [0.2, 0.25) is 0 Å². The number of hydrogen-bond donors (Lipinski definition) is 10. The number of nitrogens with one attached hydrogen (secondary N) is 6. The third-order valence-corrected chi connectivity index (χ3v) is 15.2. The molecule has 6 amide bonds. The van der Waals surface area contributed by atoms with Gasteiger partial charge in [-0.25, -0.2) is 4.79 Å². The number of anilines is 1. The molecule has 3 aromatic carbocycles. The fraction of sp³-hybridized carbons (Fsp3) is 0.550. The Morgan fingerprint density at radius 1 is 0.500 bits per heavy atom. The molecule has 0 atom stereocenters. The number of para-hydroxylation sites is 2. The second-order valence-electron chi connectivity index (χ2n) is 21.4. The van der Waals surface area contributed by atoms with E-state index in [1.807, 2.05) is 16.7 Å². The Bertz CT molecular complexity index is 2980. The Kier molecular flexibility index (Phi) is 26.5.